The van der Waals surface area contributed by atoms with E-state index in [0.29, 0.717) is 28.6 Å². The third-order valence-corrected chi connectivity index (χ3v) is 6.98. The number of nitrogens with zero attached hydrogens (tertiary/aromatic N) is 6. The summed E-state index contributed by atoms with van der Waals surface area (Å²) < 4.78 is 42.3. The Morgan fingerprint density at radius 3 is 2.77 bits per heavy atom. The molecule has 3 aromatic heterocycles. The largest absolute Gasteiger partial charge is 0.479 e. The smallest absolute Gasteiger partial charge is 0.244 e. The molecule has 0 radical (unpaired) electrons. The lowest BCUT2D eigenvalue weighted by Crippen LogP contribution is -2.53. The topological polar surface area (TPSA) is 81.7 Å². The van der Waals surface area contributed by atoms with Crippen molar-refractivity contribution in [3.05, 3.63) is 36.5 Å². The number of aromatic nitrogens is 5. The van der Waals surface area contributed by atoms with E-state index in [9.17, 15) is 4.39 Å². The molecule has 35 heavy (non-hydrogen) atoms. The molecule has 1 N–H and O–H groups in total. The fraction of sp³-hybridized carbons (Fsp3) is 0.458. The maximum atomic E-state index is 15.3. The van der Waals surface area contributed by atoms with Crippen molar-refractivity contribution in [2.24, 2.45) is 0 Å². The van der Waals surface area contributed by atoms with Crippen LogP contribution in [0.5, 0.6) is 5.88 Å². The predicted octanol–water partition coefficient (Wildman–Crippen LogP) is 3.14. The molecule has 11 heteroatoms. The summed E-state index contributed by atoms with van der Waals surface area (Å²) >= 11 is 0. The molecule has 5 heterocycles. The van der Waals surface area contributed by atoms with Crippen molar-refractivity contribution in [1.82, 2.24) is 29.0 Å². The molecule has 2 saturated heterocycles. The van der Waals surface area contributed by atoms with E-state index in [0.717, 1.165) is 50.2 Å². The SMILES string of the molecule is COc1nc(NC2CCN(C3COC3)CC2)nn2cc(F)c(-c3ccc4ncn(CCF)c4c3)c12. The van der Waals surface area contributed by atoms with Crippen LogP contribution in [0.15, 0.2) is 30.7 Å². The Hall–Kier alpha value is -3.31. The van der Waals surface area contributed by atoms with Crippen molar-refractivity contribution >= 4 is 22.5 Å². The highest BCUT2D eigenvalue weighted by molar-refractivity contribution is 5.90. The summed E-state index contributed by atoms with van der Waals surface area (Å²) in [5.41, 5.74) is 2.84. The average Bonchev–Trinajstić information content (AvgIpc) is 3.38. The zero-order valence-electron chi connectivity index (χ0n) is 19.5. The first-order valence-electron chi connectivity index (χ1n) is 11.9. The number of piperidine rings is 1. The minimum absolute atomic E-state index is 0.188. The van der Waals surface area contributed by atoms with E-state index in [1.165, 1.54) is 17.8 Å². The van der Waals surface area contributed by atoms with Crippen LogP contribution in [0.2, 0.25) is 0 Å². The lowest BCUT2D eigenvalue weighted by atomic mass is 10.0. The molecule has 4 aromatic rings. The number of alkyl halides is 1. The molecule has 0 unspecified atom stereocenters. The summed E-state index contributed by atoms with van der Waals surface area (Å²) in [7, 11) is 1.51. The number of aryl methyl sites for hydroxylation is 1. The fourth-order valence-electron chi connectivity index (χ4n) is 5.01. The highest BCUT2D eigenvalue weighted by Crippen LogP contribution is 2.35. The zero-order chi connectivity index (χ0) is 23.9. The highest BCUT2D eigenvalue weighted by Gasteiger charge is 2.30. The Kier molecular flexibility index (Phi) is 5.73. The number of methoxy groups -OCH3 is 1. The van der Waals surface area contributed by atoms with Crippen LogP contribution >= 0.6 is 0 Å². The van der Waals surface area contributed by atoms with Gasteiger partial charge in [-0.2, -0.15) is 4.98 Å². The number of nitrogens with one attached hydrogen (secondary N) is 1. The number of fused-ring (bicyclic) bond motifs is 2. The van der Waals surface area contributed by atoms with E-state index >= 15 is 4.39 Å². The summed E-state index contributed by atoms with van der Waals surface area (Å²) in [6.07, 6.45) is 4.87. The molecule has 0 atom stereocenters. The van der Waals surface area contributed by atoms with Gasteiger partial charge in [0.15, 0.2) is 5.82 Å². The van der Waals surface area contributed by atoms with E-state index in [4.69, 9.17) is 9.47 Å². The number of likely N-dealkylation sites (tertiary alicyclic amines) is 1. The molecule has 6 rings (SSSR count). The third kappa shape index (κ3) is 3.98. The van der Waals surface area contributed by atoms with Crippen molar-refractivity contribution in [2.75, 3.05) is 45.4 Å². The lowest BCUT2D eigenvalue weighted by molar-refractivity contribution is -0.0705. The summed E-state index contributed by atoms with van der Waals surface area (Å²) in [5.74, 6) is 0.238. The highest BCUT2D eigenvalue weighted by atomic mass is 19.1. The summed E-state index contributed by atoms with van der Waals surface area (Å²) in [5, 5.41) is 7.94. The van der Waals surface area contributed by atoms with E-state index < -0.39 is 12.5 Å². The van der Waals surface area contributed by atoms with Gasteiger partial charge in [-0.05, 0) is 30.5 Å². The van der Waals surface area contributed by atoms with Crippen molar-refractivity contribution in [1.29, 1.82) is 0 Å². The van der Waals surface area contributed by atoms with Gasteiger partial charge < -0.3 is 19.4 Å². The monoisotopic (exact) mass is 483 g/mol. The molecule has 2 aliphatic rings. The molecular formula is C24H27F2N7O2. The van der Waals surface area contributed by atoms with Crippen LogP contribution in [0.4, 0.5) is 14.7 Å². The minimum Gasteiger partial charge on any atom is -0.479 e. The van der Waals surface area contributed by atoms with Crippen molar-refractivity contribution < 1.29 is 18.3 Å². The summed E-state index contributed by atoms with van der Waals surface area (Å²) in [6.45, 7) is 3.31. The van der Waals surface area contributed by atoms with Gasteiger partial charge in [0, 0.05) is 19.1 Å². The lowest BCUT2D eigenvalue weighted by Gasteiger charge is -2.41. The van der Waals surface area contributed by atoms with E-state index in [1.54, 1.807) is 23.0 Å². The molecule has 0 amide bonds. The molecular weight excluding hydrogens is 456 g/mol. The molecule has 0 saturated carbocycles. The van der Waals surface area contributed by atoms with Gasteiger partial charge in [-0.15, -0.1) is 5.10 Å². The Morgan fingerprint density at radius 1 is 1.23 bits per heavy atom. The Bertz CT molecular complexity index is 1360. The maximum absolute atomic E-state index is 15.3. The third-order valence-electron chi connectivity index (χ3n) is 6.98. The van der Waals surface area contributed by atoms with Crippen LogP contribution in [0, 0.1) is 5.82 Å². The molecule has 9 nitrogen and oxygen atoms in total. The average molecular weight is 484 g/mol. The van der Waals surface area contributed by atoms with Crippen LogP contribution < -0.4 is 10.1 Å². The van der Waals surface area contributed by atoms with Gasteiger partial charge in [0.05, 0.1) is 62.0 Å². The van der Waals surface area contributed by atoms with Gasteiger partial charge in [0.25, 0.3) is 0 Å². The number of hydrogen-bond acceptors (Lipinski definition) is 7. The number of halogens is 2. The van der Waals surface area contributed by atoms with Crippen LogP contribution in [0.3, 0.4) is 0 Å². The second-order valence-electron chi connectivity index (χ2n) is 9.07. The van der Waals surface area contributed by atoms with E-state index in [2.05, 4.69) is 25.3 Å². The number of hydrogen-bond donors (Lipinski definition) is 1. The summed E-state index contributed by atoms with van der Waals surface area (Å²) in [4.78, 5) is 11.3. The predicted molar refractivity (Wildman–Crippen MR) is 127 cm³/mol. The van der Waals surface area contributed by atoms with Gasteiger partial charge in [-0.25, -0.2) is 18.3 Å². The Morgan fingerprint density at radius 2 is 2.06 bits per heavy atom. The quantitative estimate of drug-likeness (QED) is 0.433. The Labute approximate surface area is 200 Å². The Balaban J connectivity index is 1.30. The molecule has 0 aliphatic carbocycles. The van der Waals surface area contributed by atoms with Crippen LogP contribution in [-0.4, -0.2) is 81.2 Å². The second kappa shape index (κ2) is 9.04. The first kappa shape index (κ1) is 22.2. The number of ether oxygens (including phenoxy) is 2. The maximum Gasteiger partial charge on any atom is 0.244 e. The van der Waals surface area contributed by atoms with Crippen LogP contribution in [0.25, 0.3) is 27.7 Å². The molecule has 184 valence electrons. The molecule has 2 fully saturated rings. The van der Waals surface area contributed by atoms with Crippen LogP contribution in [-0.2, 0) is 11.3 Å². The molecule has 0 spiro atoms. The normalized spacial score (nSPS) is 17.8. The van der Waals surface area contributed by atoms with Crippen LogP contribution in [0.1, 0.15) is 12.8 Å². The molecule has 0 bridgehead atoms. The molecule has 2 aliphatic heterocycles. The first-order chi connectivity index (χ1) is 17.1. The van der Waals surface area contributed by atoms with Gasteiger partial charge in [0.1, 0.15) is 12.2 Å². The van der Waals surface area contributed by atoms with E-state index in [-0.39, 0.29) is 18.5 Å². The number of rotatable bonds is 7. The minimum atomic E-state index is -0.509. The van der Waals surface area contributed by atoms with Gasteiger partial charge in [-0.3, -0.25) is 4.90 Å². The number of benzene rings is 1. The van der Waals surface area contributed by atoms with Crippen molar-refractivity contribution in [3.63, 3.8) is 0 Å². The van der Waals surface area contributed by atoms with Gasteiger partial charge in [-0.1, -0.05) is 6.07 Å². The standard InChI is InChI=1S/C24H27F2N7O2/c1-34-23-22-21(15-2-3-19-20(10-15)32(9-6-25)14-27-19)18(26)11-33(22)30-24(29-23)28-16-4-7-31(8-5-16)17-12-35-13-17/h2-3,10-11,14,16-17H,4-9,12-13H2,1H3,(H,28,30). The van der Waals surface area contributed by atoms with Crippen molar-refractivity contribution in [3.8, 4) is 17.0 Å². The number of anilines is 1. The summed E-state index contributed by atoms with van der Waals surface area (Å²) in [6, 6.07) is 6.17. The van der Waals surface area contributed by atoms with E-state index in [1.807, 2.05) is 6.07 Å². The van der Waals surface area contributed by atoms with Crippen molar-refractivity contribution in [2.45, 2.75) is 31.5 Å². The zero-order valence-corrected chi connectivity index (χ0v) is 19.5. The number of imidazole rings is 1. The first-order valence-corrected chi connectivity index (χ1v) is 11.9. The second-order valence-corrected chi connectivity index (χ2v) is 9.07. The van der Waals surface area contributed by atoms with Gasteiger partial charge in [0.2, 0.25) is 11.8 Å². The fourth-order valence-corrected chi connectivity index (χ4v) is 5.01. The van der Waals surface area contributed by atoms with Gasteiger partial charge >= 0.3 is 0 Å². The molecule has 1 aromatic carbocycles.